The number of nitrogens with zero attached hydrogens (tertiary/aromatic N) is 2. The first kappa shape index (κ1) is 43.3. The standard InChI is InChI=1S/C34H74N2.2BrH/c1-7-9-11-13-15-16-17-18-19-20-21-22-23-24-25-26-28-30-32-36(5,6)34-33-35(3,4)31-29-27-14-12-10-8-2;;/h7-34H2,1-6H3;2*1H/q+2;;/p-2. The topological polar surface area (TPSA) is 0 Å². The molecular weight excluding hydrogens is 596 g/mol. The van der Waals surface area contributed by atoms with Gasteiger partial charge in [0.05, 0.1) is 41.3 Å². The Morgan fingerprint density at radius 1 is 0.263 bits per heavy atom. The molecule has 0 radical (unpaired) electrons. The molecule has 0 saturated carbocycles. The second-order valence-electron chi connectivity index (χ2n) is 13.5. The van der Waals surface area contributed by atoms with Crippen molar-refractivity contribution in [2.45, 2.75) is 168 Å². The molecular formula is C34H74Br2N2. The van der Waals surface area contributed by atoms with E-state index in [4.69, 9.17) is 0 Å². The van der Waals surface area contributed by atoms with E-state index in [1.54, 1.807) is 0 Å². The lowest BCUT2D eigenvalue weighted by Crippen LogP contribution is -3.00. The van der Waals surface area contributed by atoms with Crippen molar-refractivity contribution in [1.82, 2.24) is 0 Å². The van der Waals surface area contributed by atoms with Gasteiger partial charge in [-0.25, -0.2) is 0 Å². The number of hydrogen-bond acceptors (Lipinski definition) is 0. The van der Waals surface area contributed by atoms with Gasteiger partial charge in [-0.05, 0) is 25.7 Å². The smallest absolute Gasteiger partial charge is 0.128 e. The summed E-state index contributed by atoms with van der Waals surface area (Å²) >= 11 is 0. The van der Waals surface area contributed by atoms with Crippen molar-refractivity contribution < 1.29 is 42.9 Å². The first-order valence-corrected chi connectivity index (χ1v) is 17.0. The summed E-state index contributed by atoms with van der Waals surface area (Å²) < 4.78 is 2.41. The zero-order valence-corrected chi connectivity index (χ0v) is 30.6. The van der Waals surface area contributed by atoms with Crippen LogP contribution in [0.3, 0.4) is 0 Å². The second kappa shape index (κ2) is 30.8. The summed E-state index contributed by atoms with van der Waals surface area (Å²) in [6.07, 6.45) is 34.8. The van der Waals surface area contributed by atoms with Gasteiger partial charge in [-0.1, -0.05) is 142 Å². The van der Waals surface area contributed by atoms with Crippen molar-refractivity contribution in [3.05, 3.63) is 0 Å². The lowest BCUT2D eigenvalue weighted by atomic mass is 10.0. The summed E-state index contributed by atoms with van der Waals surface area (Å²) in [5, 5.41) is 0. The Hall–Kier alpha value is 0.880. The largest absolute Gasteiger partial charge is 1.00 e. The average Bonchev–Trinajstić information content (AvgIpc) is 2.84. The molecule has 0 rings (SSSR count). The van der Waals surface area contributed by atoms with Crippen LogP contribution in [0.15, 0.2) is 0 Å². The van der Waals surface area contributed by atoms with Crippen LogP contribution in [0.25, 0.3) is 0 Å². The fraction of sp³-hybridized carbons (Fsp3) is 1.00. The molecule has 0 heterocycles. The molecule has 0 unspecified atom stereocenters. The minimum atomic E-state index is 0. The zero-order valence-electron chi connectivity index (χ0n) is 27.4. The highest BCUT2D eigenvalue weighted by Gasteiger charge is 2.22. The van der Waals surface area contributed by atoms with E-state index in [0.717, 1.165) is 0 Å². The quantitative estimate of drug-likeness (QED) is 0.0810. The molecule has 0 saturated heterocycles. The Kier molecular flexibility index (Phi) is 35.2. The number of halogens is 2. The number of unbranched alkanes of at least 4 members (excludes halogenated alkanes) is 22. The Morgan fingerprint density at radius 3 is 0.658 bits per heavy atom. The molecule has 0 aliphatic carbocycles. The molecule has 0 N–H and O–H groups in total. The Balaban J connectivity index is -0.00000612. The molecule has 0 aliphatic rings. The van der Waals surface area contributed by atoms with E-state index in [-0.39, 0.29) is 34.0 Å². The number of likely N-dealkylation sites (N-methyl/N-ethyl adjacent to an activating group) is 2. The predicted molar refractivity (Wildman–Crippen MR) is 166 cm³/mol. The lowest BCUT2D eigenvalue weighted by Gasteiger charge is -2.36. The third-order valence-corrected chi connectivity index (χ3v) is 8.54. The normalized spacial score (nSPS) is 11.8. The van der Waals surface area contributed by atoms with E-state index >= 15 is 0 Å². The molecule has 0 spiro atoms. The fourth-order valence-corrected chi connectivity index (χ4v) is 5.53. The lowest BCUT2D eigenvalue weighted by molar-refractivity contribution is -0.946. The Labute approximate surface area is 264 Å². The van der Waals surface area contributed by atoms with Crippen LogP contribution in [0.5, 0.6) is 0 Å². The first-order valence-electron chi connectivity index (χ1n) is 17.0. The summed E-state index contributed by atoms with van der Waals surface area (Å²) in [7, 11) is 9.81. The average molecular weight is 671 g/mol. The van der Waals surface area contributed by atoms with Crippen molar-refractivity contribution in [2.75, 3.05) is 54.4 Å². The third kappa shape index (κ3) is 33.1. The monoisotopic (exact) mass is 668 g/mol. The number of quaternary nitrogens is 2. The SMILES string of the molecule is CCCCCCCCCCCCCCCCCCCC[N+](C)(C)CC[N+](C)(C)CCCCCCCC.[Br-].[Br-]. The molecule has 38 heavy (non-hydrogen) atoms. The molecule has 0 aliphatic heterocycles. The summed E-state index contributed by atoms with van der Waals surface area (Å²) in [5.74, 6) is 0. The van der Waals surface area contributed by atoms with E-state index in [1.807, 2.05) is 0 Å². The molecule has 0 atom stereocenters. The minimum Gasteiger partial charge on any atom is -1.00 e. The molecule has 2 nitrogen and oxygen atoms in total. The zero-order chi connectivity index (χ0) is 26.8. The van der Waals surface area contributed by atoms with Gasteiger partial charge in [-0.15, -0.1) is 0 Å². The van der Waals surface area contributed by atoms with Crippen molar-refractivity contribution in [3.63, 3.8) is 0 Å². The number of hydrogen-bond donors (Lipinski definition) is 0. The van der Waals surface area contributed by atoms with Crippen molar-refractivity contribution >= 4 is 0 Å². The second-order valence-corrected chi connectivity index (χ2v) is 13.5. The van der Waals surface area contributed by atoms with Gasteiger partial charge in [0.1, 0.15) is 13.1 Å². The van der Waals surface area contributed by atoms with Crippen LogP contribution < -0.4 is 34.0 Å². The molecule has 0 bridgehead atoms. The summed E-state index contributed by atoms with van der Waals surface area (Å²) in [6, 6.07) is 0. The molecule has 0 amide bonds. The van der Waals surface area contributed by atoms with Gasteiger partial charge in [0.25, 0.3) is 0 Å². The molecule has 0 aromatic heterocycles. The summed E-state index contributed by atoms with van der Waals surface area (Å²) in [5.41, 5.74) is 0. The fourth-order valence-electron chi connectivity index (χ4n) is 5.53. The van der Waals surface area contributed by atoms with Crippen LogP contribution in [-0.2, 0) is 0 Å². The highest BCUT2D eigenvalue weighted by Crippen LogP contribution is 2.15. The van der Waals surface area contributed by atoms with Crippen LogP contribution in [-0.4, -0.2) is 63.3 Å². The molecule has 0 aromatic carbocycles. The van der Waals surface area contributed by atoms with Crippen LogP contribution in [0, 0.1) is 0 Å². The molecule has 0 aromatic rings. The van der Waals surface area contributed by atoms with Gasteiger partial charge in [-0.3, -0.25) is 0 Å². The third-order valence-electron chi connectivity index (χ3n) is 8.54. The van der Waals surface area contributed by atoms with Gasteiger partial charge in [0.2, 0.25) is 0 Å². The molecule has 234 valence electrons. The first-order chi connectivity index (χ1) is 17.3. The molecule has 4 heteroatoms. The highest BCUT2D eigenvalue weighted by atomic mass is 79.9. The van der Waals surface area contributed by atoms with Crippen LogP contribution in [0.2, 0.25) is 0 Å². The van der Waals surface area contributed by atoms with E-state index in [0.29, 0.717) is 0 Å². The maximum absolute atomic E-state index is 2.46. The predicted octanol–water partition coefficient (Wildman–Crippen LogP) is 4.55. The van der Waals surface area contributed by atoms with E-state index in [9.17, 15) is 0 Å². The summed E-state index contributed by atoms with van der Waals surface area (Å²) in [4.78, 5) is 0. The van der Waals surface area contributed by atoms with Crippen LogP contribution in [0.1, 0.15) is 168 Å². The highest BCUT2D eigenvalue weighted by molar-refractivity contribution is 4.51. The summed E-state index contributed by atoms with van der Waals surface area (Å²) in [6.45, 7) is 9.96. The van der Waals surface area contributed by atoms with Crippen molar-refractivity contribution in [2.24, 2.45) is 0 Å². The van der Waals surface area contributed by atoms with Gasteiger partial charge < -0.3 is 42.9 Å². The van der Waals surface area contributed by atoms with Gasteiger partial charge in [0, 0.05) is 0 Å². The van der Waals surface area contributed by atoms with E-state index < -0.39 is 0 Å². The minimum absolute atomic E-state index is 0. The Morgan fingerprint density at radius 2 is 0.447 bits per heavy atom. The van der Waals surface area contributed by atoms with Crippen molar-refractivity contribution in [3.8, 4) is 0 Å². The van der Waals surface area contributed by atoms with Gasteiger partial charge in [0.15, 0.2) is 0 Å². The van der Waals surface area contributed by atoms with Crippen LogP contribution >= 0.6 is 0 Å². The van der Waals surface area contributed by atoms with Gasteiger partial charge in [-0.2, -0.15) is 0 Å². The van der Waals surface area contributed by atoms with Crippen LogP contribution in [0.4, 0.5) is 0 Å². The maximum atomic E-state index is 2.46. The number of rotatable bonds is 29. The maximum Gasteiger partial charge on any atom is 0.128 e. The van der Waals surface area contributed by atoms with E-state index in [2.05, 4.69) is 42.0 Å². The Bertz CT molecular complexity index is 440. The molecule has 0 fully saturated rings. The van der Waals surface area contributed by atoms with Crippen molar-refractivity contribution in [1.29, 1.82) is 0 Å². The van der Waals surface area contributed by atoms with Gasteiger partial charge >= 0.3 is 0 Å². The van der Waals surface area contributed by atoms with E-state index in [1.165, 1.54) is 189 Å².